The zero-order valence-electron chi connectivity index (χ0n) is 20.2. The molecule has 2 N–H and O–H groups in total. The molecule has 3 aromatic carbocycles. The van der Waals surface area contributed by atoms with Gasteiger partial charge >= 0.3 is 6.09 Å². The van der Waals surface area contributed by atoms with Gasteiger partial charge in [0.15, 0.2) is 17.6 Å². The molecule has 35 heavy (non-hydrogen) atoms. The first-order chi connectivity index (χ1) is 16.9. The summed E-state index contributed by atoms with van der Waals surface area (Å²) < 4.78 is 11.7. The topological polar surface area (TPSA) is 88.1 Å². The SMILES string of the molecule is CCN(CC1COc2ccc(NC(=O)c3ccccc3-c3ccc(C(C)C)cc3)cc2O1)C(=O)O. The number of ether oxygens (including phenoxy) is 2. The average Bonchev–Trinajstić information content (AvgIpc) is 2.86. The molecule has 3 aromatic rings. The normalized spacial score (nSPS) is 14.5. The molecule has 0 saturated carbocycles. The highest BCUT2D eigenvalue weighted by molar-refractivity contribution is 6.08. The Kier molecular flexibility index (Phi) is 7.25. The van der Waals surface area contributed by atoms with Crippen LogP contribution in [-0.4, -0.2) is 47.8 Å². The van der Waals surface area contributed by atoms with E-state index in [2.05, 4.69) is 31.3 Å². The number of benzene rings is 3. The Morgan fingerprint density at radius 3 is 2.49 bits per heavy atom. The van der Waals surface area contributed by atoms with Crippen LogP contribution in [0, 0.1) is 0 Å². The average molecular weight is 475 g/mol. The van der Waals surface area contributed by atoms with Crippen molar-refractivity contribution in [3.05, 3.63) is 77.9 Å². The molecule has 1 aliphatic heterocycles. The Labute approximate surface area is 205 Å². The van der Waals surface area contributed by atoms with E-state index in [4.69, 9.17) is 9.47 Å². The lowest BCUT2D eigenvalue weighted by molar-refractivity contribution is 0.0588. The summed E-state index contributed by atoms with van der Waals surface area (Å²) in [6, 6.07) is 21.0. The summed E-state index contributed by atoms with van der Waals surface area (Å²) in [6.07, 6.45) is -1.43. The monoisotopic (exact) mass is 474 g/mol. The zero-order chi connectivity index (χ0) is 24.9. The summed E-state index contributed by atoms with van der Waals surface area (Å²) >= 11 is 0. The highest BCUT2D eigenvalue weighted by atomic mass is 16.6. The van der Waals surface area contributed by atoms with E-state index in [1.54, 1.807) is 31.2 Å². The van der Waals surface area contributed by atoms with Crippen molar-refractivity contribution >= 4 is 17.7 Å². The molecule has 0 fully saturated rings. The second-order valence-electron chi connectivity index (χ2n) is 8.81. The molecule has 0 aromatic heterocycles. The molecule has 0 aliphatic carbocycles. The Hall–Kier alpha value is -4.00. The first-order valence-electron chi connectivity index (χ1n) is 11.8. The maximum Gasteiger partial charge on any atom is 0.407 e. The van der Waals surface area contributed by atoms with Gasteiger partial charge in [0, 0.05) is 23.9 Å². The Morgan fingerprint density at radius 1 is 1.06 bits per heavy atom. The molecule has 1 aliphatic rings. The van der Waals surface area contributed by atoms with E-state index in [1.807, 2.05) is 30.3 Å². The third-order valence-corrected chi connectivity index (χ3v) is 6.06. The fraction of sp³-hybridized carbons (Fsp3) is 0.286. The van der Waals surface area contributed by atoms with Crippen LogP contribution in [0.2, 0.25) is 0 Å². The van der Waals surface area contributed by atoms with E-state index < -0.39 is 12.2 Å². The Bertz CT molecular complexity index is 1210. The van der Waals surface area contributed by atoms with Crippen molar-refractivity contribution < 1.29 is 24.2 Å². The summed E-state index contributed by atoms with van der Waals surface area (Å²) in [5, 5.41) is 12.2. The van der Waals surface area contributed by atoms with Gasteiger partial charge in [-0.15, -0.1) is 0 Å². The first-order valence-corrected chi connectivity index (χ1v) is 11.8. The number of anilines is 1. The molecule has 182 valence electrons. The Balaban J connectivity index is 1.51. The highest BCUT2D eigenvalue weighted by Gasteiger charge is 2.25. The second kappa shape index (κ2) is 10.5. The minimum Gasteiger partial charge on any atom is -0.486 e. The van der Waals surface area contributed by atoms with Crippen LogP contribution in [0.15, 0.2) is 66.7 Å². The number of carboxylic acid groups (broad SMARTS) is 1. The summed E-state index contributed by atoms with van der Waals surface area (Å²) in [5.74, 6) is 1.23. The van der Waals surface area contributed by atoms with Gasteiger partial charge in [0.05, 0.1) is 6.54 Å². The van der Waals surface area contributed by atoms with Crippen LogP contribution in [0.25, 0.3) is 11.1 Å². The van der Waals surface area contributed by atoms with Gasteiger partial charge in [-0.05, 0) is 47.7 Å². The van der Waals surface area contributed by atoms with Crippen LogP contribution in [0.5, 0.6) is 11.5 Å². The van der Waals surface area contributed by atoms with Crippen LogP contribution in [-0.2, 0) is 0 Å². The van der Waals surface area contributed by atoms with Crippen LogP contribution in [0.3, 0.4) is 0 Å². The van der Waals surface area contributed by atoms with Gasteiger partial charge in [-0.2, -0.15) is 0 Å². The van der Waals surface area contributed by atoms with Crippen LogP contribution in [0.4, 0.5) is 10.5 Å². The van der Waals surface area contributed by atoms with Gasteiger partial charge in [-0.3, -0.25) is 4.79 Å². The molecule has 0 saturated heterocycles. The van der Waals surface area contributed by atoms with Crippen molar-refractivity contribution in [1.29, 1.82) is 0 Å². The van der Waals surface area contributed by atoms with Crippen molar-refractivity contribution in [1.82, 2.24) is 4.90 Å². The predicted octanol–water partition coefficient (Wildman–Crippen LogP) is 5.87. The largest absolute Gasteiger partial charge is 0.486 e. The van der Waals surface area contributed by atoms with Crippen molar-refractivity contribution in [2.24, 2.45) is 0 Å². The van der Waals surface area contributed by atoms with Gasteiger partial charge in [0.1, 0.15) is 6.61 Å². The van der Waals surface area contributed by atoms with Gasteiger partial charge in [0.2, 0.25) is 0 Å². The van der Waals surface area contributed by atoms with Gasteiger partial charge in [-0.1, -0.05) is 56.3 Å². The molecule has 2 amide bonds. The van der Waals surface area contributed by atoms with E-state index in [1.165, 1.54) is 10.5 Å². The molecular formula is C28H30N2O5. The van der Waals surface area contributed by atoms with Crippen molar-refractivity contribution in [2.75, 3.05) is 25.0 Å². The third-order valence-electron chi connectivity index (χ3n) is 6.06. The van der Waals surface area contributed by atoms with Crippen LogP contribution >= 0.6 is 0 Å². The highest BCUT2D eigenvalue weighted by Crippen LogP contribution is 2.35. The standard InChI is InChI=1S/C28H30N2O5/c1-4-30(28(32)33)16-22-17-34-25-14-13-21(15-26(25)35-22)29-27(31)24-8-6-5-7-23(24)20-11-9-19(10-12-20)18(2)3/h5-15,18,22H,4,16-17H2,1-3H3,(H,29,31)(H,32,33). The maximum atomic E-state index is 13.2. The van der Waals surface area contributed by atoms with Crippen molar-refractivity contribution in [3.8, 4) is 22.6 Å². The molecule has 1 unspecified atom stereocenters. The molecule has 7 heteroatoms. The summed E-state index contributed by atoms with van der Waals surface area (Å²) in [6.45, 7) is 6.89. The van der Waals surface area contributed by atoms with Gasteiger partial charge in [0.25, 0.3) is 5.91 Å². The molecule has 0 spiro atoms. The minimum absolute atomic E-state index is 0.199. The number of likely N-dealkylation sites (N-methyl/N-ethyl adjacent to an activating group) is 1. The minimum atomic E-state index is -1.000. The molecule has 1 atom stereocenters. The molecule has 4 rings (SSSR count). The number of hydrogen-bond acceptors (Lipinski definition) is 4. The molecular weight excluding hydrogens is 444 g/mol. The van der Waals surface area contributed by atoms with E-state index >= 15 is 0 Å². The summed E-state index contributed by atoms with van der Waals surface area (Å²) in [5.41, 5.74) is 4.21. The van der Waals surface area contributed by atoms with E-state index in [-0.39, 0.29) is 19.1 Å². The third kappa shape index (κ3) is 5.57. The molecule has 0 bridgehead atoms. The number of hydrogen-bond donors (Lipinski definition) is 2. The second-order valence-corrected chi connectivity index (χ2v) is 8.81. The number of nitrogens with one attached hydrogen (secondary N) is 1. The molecule has 7 nitrogen and oxygen atoms in total. The van der Waals surface area contributed by atoms with E-state index in [0.29, 0.717) is 35.2 Å². The number of rotatable bonds is 7. The fourth-order valence-corrected chi connectivity index (χ4v) is 4.05. The zero-order valence-corrected chi connectivity index (χ0v) is 20.2. The smallest absolute Gasteiger partial charge is 0.407 e. The number of carbonyl (C=O) groups excluding carboxylic acids is 1. The molecule has 1 heterocycles. The lowest BCUT2D eigenvalue weighted by Crippen LogP contribution is -2.43. The van der Waals surface area contributed by atoms with Crippen molar-refractivity contribution in [2.45, 2.75) is 32.8 Å². The Morgan fingerprint density at radius 2 is 1.80 bits per heavy atom. The summed E-state index contributed by atoms with van der Waals surface area (Å²) in [4.78, 5) is 25.8. The van der Waals surface area contributed by atoms with E-state index in [0.717, 1.165) is 11.1 Å². The van der Waals surface area contributed by atoms with Crippen LogP contribution < -0.4 is 14.8 Å². The number of amides is 2. The lowest BCUT2D eigenvalue weighted by Gasteiger charge is -2.30. The van der Waals surface area contributed by atoms with Crippen LogP contribution in [0.1, 0.15) is 42.6 Å². The molecule has 0 radical (unpaired) electrons. The summed E-state index contributed by atoms with van der Waals surface area (Å²) in [7, 11) is 0. The first kappa shape index (κ1) is 24.1. The fourth-order valence-electron chi connectivity index (χ4n) is 4.05. The lowest BCUT2D eigenvalue weighted by atomic mass is 9.95. The number of nitrogens with zero attached hydrogens (tertiary/aromatic N) is 1. The number of carbonyl (C=O) groups is 2. The van der Waals surface area contributed by atoms with Crippen molar-refractivity contribution in [3.63, 3.8) is 0 Å². The maximum absolute atomic E-state index is 13.2. The van der Waals surface area contributed by atoms with Gasteiger partial charge < -0.3 is 24.8 Å². The number of fused-ring (bicyclic) bond motifs is 1. The van der Waals surface area contributed by atoms with Gasteiger partial charge in [-0.25, -0.2) is 4.79 Å². The van der Waals surface area contributed by atoms with E-state index in [9.17, 15) is 14.7 Å². The quantitative estimate of drug-likeness (QED) is 0.447. The predicted molar refractivity (Wildman–Crippen MR) is 136 cm³/mol.